The molecule has 0 spiro atoms. The maximum atomic E-state index is 14.7. The standard InChI is InChI=1S/C20H27FN2O4/c21-13-7-11-16-19(15(13)22)27-18-10-4-2-1-3-9(10)5-6-14(18)23(16)8-12(17(11)24)20(25)26/h8-11,13-16,18-19H,1-7,22H2,(H,25,26). The second kappa shape index (κ2) is 6.27. The number of carbonyl (C=O) groups is 2. The number of nitrogens with zero attached hydrogens (tertiary/aromatic N) is 1. The minimum Gasteiger partial charge on any atom is -0.478 e. The van der Waals surface area contributed by atoms with Crippen LogP contribution in [0, 0.1) is 17.8 Å². The van der Waals surface area contributed by atoms with E-state index in [9.17, 15) is 19.1 Å². The molecule has 3 N–H and O–H groups in total. The molecular formula is C20H27FN2O4. The molecule has 7 heteroatoms. The Kier molecular flexibility index (Phi) is 4.09. The highest BCUT2D eigenvalue weighted by Crippen LogP contribution is 2.50. The summed E-state index contributed by atoms with van der Waals surface area (Å²) >= 11 is 0. The first kappa shape index (κ1) is 17.6. The molecule has 5 aliphatic rings. The molecule has 27 heavy (non-hydrogen) atoms. The number of carboxylic acids is 1. The summed E-state index contributed by atoms with van der Waals surface area (Å²) in [7, 11) is 0. The number of hydrogen-bond donors (Lipinski definition) is 2. The number of aliphatic carboxylic acids is 1. The topological polar surface area (TPSA) is 92.9 Å². The smallest absolute Gasteiger partial charge is 0.340 e. The van der Waals surface area contributed by atoms with Crippen molar-refractivity contribution in [1.82, 2.24) is 4.90 Å². The molecule has 3 saturated carbocycles. The van der Waals surface area contributed by atoms with Crippen LogP contribution in [0.3, 0.4) is 0 Å². The number of ether oxygens (including phenoxy) is 1. The van der Waals surface area contributed by atoms with Gasteiger partial charge in [-0.25, -0.2) is 9.18 Å². The fraction of sp³-hybridized carbons (Fsp3) is 0.800. The van der Waals surface area contributed by atoms with Crippen LogP contribution >= 0.6 is 0 Å². The average Bonchev–Trinajstić information content (AvgIpc) is 2.67. The quantitative estimate of drug-likeness (QED) is 0.674. The molecule has 9 unspecified atom stereocenters. The highest BCUT2D eigenvalue weighted by atomic mass is 19.1. The van der Waals surface area contributed by atoms with E-state index >= 15 is 0 Å². The van der Waals surface area contributed by atoms with Gasteiger partial charge in [0.25, 0.3) is 0 Å². The lowest BCUT2D eigenvalue weighted by atomic mass is 9.64. The second-order valence-electron chi connectivity index (χ2n) is 9.00. The lowest BCUT2D eigenvalue weighted by molar-refractivity contribution is -0.217. The first-order valence-electron chi connectivity index (χ1n) is 10.3. The molecule has 4 fully saturated rings. The highest BCUT2D eigenvalue weighted by Gasteiger charge is 2.59. The van der Waals surface area contributed by atoms with Crippen molar-refractivity contribution in [3.8, 4) is 0 Å². The lowest BCUT2D eigenvalue weighted by Gasteiger charge is -2.61. The Bertz CT molecular complexity index is 697. The number of carboxylic acid groups (broad SMARTS) is 1. The molecule has 148 valence electrons. The molecule has 0 bridgehead atoms. The fourth-order valence-electron chi connectivity index (χ4n) is 6.54. The van der Waals surface area contributed by atoms with Crippen LogP contribution in [0.5, 0.6) is 0 Å². The summed E-state index contributed by atoms with van der Waals surface area (Å²) in [6, 6.07) is -1.06. The summed E-state index contributed by atoms with van der Waals surface area (Å²) in [6.07, 6.45) is 6.31. The molecule has 0 amide bonds. The van der Waals surface area contributed by atoms with Gasteiger partial charge < -0.3 is 20.5 Å². The normalized spacial score (nSPS) is 48.8. The maximum absolute atomic E-state index is 14.7. The van der Waals surface area contributed by atoms with Gasteiger partial charge in [-0.1, -0.05) is 19.3 Å². The van der Waals surface area contributed by atoms with Crippen molar-refractivity contribution in [2.45, 2.75) is 81.5 Å². The van der Waals surface area contributed by atoms with Crippen LogP contribution in [0.2, 0.25) is 0 Å². The molecule has 6 nitrogen and oxygen atoms in total. The molecule has 0 aromatic heterocycles. The maximum Gasteiger partial charge on any atom is 0.340 e. The van der Waals surface area contributed by atoms with Gasteiger partial charge in [0.15, 0.2) is 5.78 Å². The number of hydrogen-bond acceptors (Lipinski definition) is 5. The van der Waals surface area contributed by atoms with Gasteiger partial charge in [-0.2, -0.15) is 0 Å². The van der Waals surface area contributed by atoms with Crippen molar-refractivity contribution < 1.29 is 23.8 Å². The molecule has 9 atom stereocenters. The van der Waals surface area contributed by atoms with Gasteiger partial charge in [0.2, 0.25) is 0 Å². The summed E-state index contributed by atoms with van der Waals surface area (Å²) in [4.78, 5) is 26.4. The molecule has 0 aromatic rings. The van der Waals surface area contributed by atoms with E-state index in [1.165, 1.54) is 25.5 Å². The highest BCUT2D eigenvalue weighted by molar-refractivity contribution is 6.18. The summed E-state index contributed by atoms with van der Waals surface area (Å²) in [5, 5.41) is 9.53. The monoisotopic (exact) mass is 378 g/mol. The van der Waals surface area contributed by atoms with E-state index in [0.29, 0.717) is 11.8 Å². The molecule has 0 aromatic carbocycles. The van der Waals surface area contributed by atoms with Gasteiger partial charge in [-0.3, -0.25) is 4.79 Å². The predicted molar refractivity (Wildman–Crippen MR) is 94.5 cm³/mol. The zero-order valence-electron chi connectivity index (χ0n) is 15.3. The number of rotatable bonds is 1. The predicted octanol–water partition coefficient (Wildman–Crippen LogP) is 1.63. The van der Waals surface area contributed by atoms with E-state index in [2.05, 4.69) is 0 Å². The average molecular weight is 378 g/mol. The van der Waals surface area contributed by atoms with Gasteiger partial charge in [0.1, 0.15) is 11.7 Å². The third-order valence-corrected chi connectivity index (χ3v) is 7.78. The Hall–Kier alpha value is -1.47. The van der Waals surface area contributed by atoms with Crippen LogP contribution in [0.4, 0.5) is 4.39 Å². The molecule has 1 saturated heterocycles. The zero-order chi connectivity index (χ0) is 18.9. The third-order valence-electron chi connectivity index (χ3n) is 7.78. The molecule has 0 radical (unpaired) electrons. The largest absolute Gasteiger partial charge is 0.478 e. The van der Waals surface area contributed by atoms with Crippen LogP contribution in [0.15, 0.2) is 11.8 Å². The summed E-state index contributed by atoms with van der Waals surface area (Å²) < 4.78 is 21.1. The molecular weight excluding hydrogens is 351 g/mol. The van der Waals surface area contributed by atoms with Crippen LogP contribution in [-0.4, -0.2) is 58.3 Å². The minimum absolute atomic E-state index is 0.0188. The van der Waals surface area contributed by atoms with Crippen molar-refractivity contribution >= 4 is 11.8 Å². The van der Waals surface area contributed by atoms with E-state index in [-0.39, 0.29) is 30.2 Å². The van der Waals surface area contributed by atoms with Crippen molar-refractivity contribution in [2.24, 2.45) is 23.5 Å². The van der Waals surface area contributed by atoms with Gasteiger partial charge in [0, 0.05) is 12.1 Å². The number of Topliss-reactive ketones (excluding diaryl/α,β-unsaturated/α-hetero) is 1. The number of morpholine rings is 1. The molecule has 2 aliphatic heterocycles. The summed E-state index contributed by atoms with van der Waals surface area (Å²) in [5.41, 5.74) is 5.97. The van der Waals surface area contributed by atoms with E-state index in [1.807, 2.05) is 4.90 Å². The number of nitrogens with two attached hydrogens (primary N) is 1. The van der Waals surface area contributed by atoms with E-state index < -0.39 is 36.0 Å². The fourth-order valence-corrected chi connectivity index (χ4v) is 6.54. The Morgan fingerprint density at radius 2 is 2.00 bits per heavy atom. The molecule has 5 rings (SSSR count). The third kappa shape index (κ3) is 2.50. The Morgan fingerprint density at radius 3 is 2.78 bits per heavy atom. The van der Waals surface area contributed by atoms with Crippen LogP contribution in [0.25, 0.3) is 0 Å². The number of carbonyl (C=O) groups excluding carboxylic acids is 1. The van der Waals surface area contributed by atoms with E-state index in [0.717, 1.165) is 19.3 Å². The van der Waals surface area contributed by atoms with Crippen molar-refractivity contribution in [3.63, 3.8) is 0 Å². The van der Waals surface area contributed by atoms with Gasteiger partial charge in [-0.15, -0.1) is 0 Å². The first-order chi connectivity index (χ1) is 13.0. The SMILES string of the molecule is NC1C(F)CC2C(=O)C(C(=O)O)=CN3C4CCC5CCCCC5C4OC1C23. The van der Waals surface area contributed by atoms with E-state index in [4.69, 9.17) is 10.5 Å². The van der Waals surface area contributed by atoms with Crippen molar-refractivity contribution in [3.05, 3.63) is 11.8 Å². The molecule has 2 heterocycles. The van der Waals surface area contributed by atoms with Gasteiger partial charge in [-0.05, 0) is 37.5 Å². The second-order valence-corrected chi connectivity index (χ2v) is 9.00. The first-order valence-corrected chi connectivity index (χ1v) is 10.3. The molecule has 3 aliphatic carbocycles. The zero-order valence-corrected chi connectivity index (χ0v) is 15.3. The van der Waals surface area contributed by atoms with Crippen LogP contribution in [-0.2, 0) is 14.3 Å². The van der Waals surface area contributed by atoms with Gasteiger partial charge in [0.05, 0.1) is 30.3 Å². The van der Waals surface area contributed by atoms with Crippen LogP contribution < -0.4 is 5.73 Å². The number of alkyl halides is 1. The number of halogens is 1. The Labute approximate surface area is 157 Å². The summed E-state index contributed by atoms with van der Waals surface area (Å²) in [6.45, 7) is 0. The Balaban J connectivity index is 1.57. The van der Waals surface area contributed by atoms with Crippen LogP contribution in [0.1, 0.15) is 44.9 Å². The van der Waals surface area contributed by atoms with E-state index in [1.54, 1.807) is 0 Å². The lowest BCUT2D eigenvalue weighted by Crippen LogP contribution is -2.73. The van der Waals surface area contributed by atoms with Crippen molar-refractivity contribution in [1.29, 1.82) is 0 Å². The van der Waals surface area contributed by atoms with Crippen molar-refractivity contribution in [2.75, 3.05) is 0 Å². The van der Waals surface area contributed by atoms with Gasteiger partial charge >= 0.3 is 5.97 Å². The number of ketones is 1. The summed E-state index contributed by atoms with van der Waals surface area (Å²) in [5.74, 6) is -1.34. The Morgan fingerprint density at radius 1 is 1.22 bits per heavy atom. The number of fused-ring (bicyclic) bond motifs is 4. The minimum atomic E-state index is -1.35.